The Kier molecular flexibility index (Phi) is 4.71. The molecule has 2 heterocycles. The second kappa shape index (κ2) is 6.65. The molecule has 0 aromatic carbocycles. The number of carboxylic acid groups (broad SMARTS) is 1. The molecule has 8 nitrogen and oxygen atoms in total. The minimum Gasteiger partial charge on any atom is -0.481 e. The van der Waals surface area contributed by atoms with Crippen molar-refractivity contribution in [3.8, 4) is 0 Å². The quantitative estimate of drug-likeness (QED) is 0.648. The van der Waals surface area contributed by atoms with Crippen LogP contribution < -0.4 is 10.6 Å². The van der Waals surface area contributed by atoms with Crippen LogP contribution in [0.25, 0.3) is 0 Å². The lowest BCUT2D eigenvalue weighted by atomic mass is 9.77. The molecule has 0 spiro atoms. The van der Waals surface area contributed by atoms with Gasteiger partial charge in [0.25, 0.3) is 5.91 Å². The number of hydrogen-bond acceptors (Lipinski definition) is 4. The fourth-order valence-corrected chi connectivity index (χ4v) is 4.42. The SMILES string of the molecule is CC1(C2CCN(C(=O)C3CCCC(C(=O)O)C3)CC2)NC(=O)NC1=O. The van der Waals surface area contributed by atoms with Gasteiger partial charge < -0.3 is 15.3 Å². The van der Waals surface area contributed by atoms with Crippen molar-refractivity contribution in [3.05, 3.63) is 0 Å². The first-order valence-corrected chi connectivity index (χ1v) is 8.96. The largest absolute Gasteiger partial charge is 0.481 e. The average Bonchev–Trinajstić information content (AvgIpc) is 2.87. The molecule has 1 saturated carbocycles. The van der Waals surface area contributed by atoms with Gasteiger partial charge in [-0.1, -0.05) is 6.42 Å². The zero-order chi connectivity index (χ0) is 18.2. The minimum atomic E-state index is -0.911. The zero-order valence-corrected chi connectivity index (χ0v) is 14.4. The Labute approximate surface area is 146 Å². The summed E-state index contributed by atoms with van der Waals surface area (Å²) in [5, 5.41) is 14.2. The minimum absolute atomic E-state index is 0.0128. The Morgan fingerprint density at radius 1 is 1.12 bits per heavy atom. The molecule has 3 aliphatic rings. The number of carboxylic acids is 1. The van der Waals surface area contributed by atoms with E-state index < -0.39 is 23.5 Å². The molecule has 25 heavy (non-hydrogen) atoms. The average molecular weight is 351 g/mol. The Balaban J connectivity index is 1.57. The molecule has 0 bridgehead atoms. The molecule has 4 amide bonds. The molecule has 0 radical (unpaired) electrons. The Morgan fingerprint density at radius 2 is 1.76 bits per heavy atom. The van der Waals surface area contributed by atoms with Gasteiger partial charge in [0.1, 0.15) is 5.54 Å². The predicted molar refractivity (Wildman–Crippen MR) is 87.5 cm³/mol. The first-order chi connectivity index (χ1) is 11.8. The van der Waals surface area contributed by atoms with E-state index in [0.717, 1.165) is 12.8 Å². The smallest absolute Gasteiger partial charge is 0.322 e. The second-order valence-corrected chi connectivity index (χ2v) is 7.61. The molecule has 3 atom stereocenters. The highest BCUT2D eigenvalue weighted by Crippen LogP contribution is 2.34. The number of nitrogens with one attached hydrogen (secondary N) is 2. The molecular weight excluding hydrogens is 326 g/mol. The summed E-state index contributed by atoms with van der Waals surface area (Å²) in [5.41, 5.74) is -0.911. The van der Waals surface area contributed by atoms with Crippen LogP contribution >= 0.6 is 0 Å². The zero-order valence-electron chi connectivity index (χ0n) is 14.4. The van der Waals surface area contributed by atoms with E-state index in [1.165, 1.54) is 0 Å². The van der Waals surface area contributed by atoms with Crippen molar-refractivity contribution in [1.82, 2.24) is 15.5 Å². The first kappa shape index (κ1) is 17.7. The lowest BCUT2D eigenvalue weighted by molar-refractivity contribution is -0.146. The lowest BCUT2D eigenvalue weighted by Crippen LogP contribution is -2.55. The van der Waals surface area contributed by atoms with Gasteiger partial charge in [-0.2, -0.15) is 0 Å². The third kappa shape index (κ3) is 3.34. The number of hydrogen-bond donors (Lipinski definition) is 3. The molecule has 2 aliphatic heterocycles. The highest BCUT2D eigenvalue weighted by Gasteiger charge is 2.49. The van der Waals surface area contributed by atoms with Crippen molar-refractivity contribution in [2.24, 2.45) is 17.8 Å². The van der Waals surface area contributed by atoms with Crippen LogP contribution in [0.1, 0.15) is 45.4 Å². The van der Waals surface area contributed by atoms with E-state index in [2.05, 4.69) is 10.6 Å². The number of piperidine rings is 1. The second-order valence-electron chi connectivity index (χ2n) is 7.61. The number of carbonyl (C=O) groups is 4. The molecule has 0 aromatic rings. The first-order valence-electron chi connectivity index (χ1n) is 8.96. The molecule has 1 aliphatic carbocycles. The van der Waals surface area contributed by atoms with Crippen LogP contribution in [0.4, 0.5) is 4.79 Å². The molecule has 3 fully saturated rings. The normalized spacial score (nSPS) is 33.7. The van der Waals surface area contributed by atoms with Crippen molar-refractivity contribution in [1.29, 1.82) is 0 Å². The lowest BCUT2D eigenvalue weighted by Gasteiger charge is -2.40. The van der Waals surface area contributed by atoms with Gasteiger partial charge in [0.05, 0.1) is 5.92 Å². The number of rotatable bonds is 3. The van der Waals surface area contributed by atoms with Crippen LogP contribution in [0.2, 0.25) is 0 Å². The van der Waals surface area contributed by atoms with E-state index in [-0.39, 0.29) is 23.7 Å². The number of urea groups is 1. The van der Waals surface area contributed by atoms with Crippen molar-refractivity contribution in [3.63, 3.8) is 0 Å². The molecule has 3 N–H and O–H groups in total. The molecule has 2 saturated heterocycles. The van der Waals surface area contributed by atoms with Gasteiger partial charge in [0, 0.05) is 19.0 Å². The fourth-order valence-electron chi connectivity index (χ4n) is 4.42. The molecule has 0 aromatic heterocycles. The maximum atomic E-state index is 12.7. The van der Waals surface area contributed by atoms with Gasteiger partial charge in [-0.25, -0.2) is 4.79 Å². The molecule has 3 unspecified atom stereocenters. The summed E-state index contributed by atoms with van der Waals surface area (Å²) in [5.74, 6) is -1.73. The third-order valence-electron chi connectivity index (χ3n) is 6.07. The molecule has 3 rings (SSSR count). The highest BCUT2D eigenvalue weighted by molar-refractivity contribution is 6.07. The summed E-state index contributed by atoms with van der Waals surface area (Å²) in [6.45, 7) is 2.81. The summed E-state index contributed by atoms with van der Waals surface area (Å²) in [6.07, 6.45) is 3.88. The summed E-state index contributed by atoms with van der Waals surface area (Å²) in [7, 11) is 0. The summed E-state index contributed by atoms with van der Waals surface area (Å²) >= 11 is 0. The molecular formula is C17H25N3O5. The summed E-state index contributed by atoms with van der Waals surface area (Å²) < 4.78 is 0. The van der Waals surface area contributed by atoms with Crippen molar-refractivity contribution in [2.45, 2.75) is 51.0 Å². The Morgan fingerprint density at radius 3 is 2.32 bits per heavy atom. The van der Waals surface area contributed by atoms with E-state index in [1.807, 2.05) is 0 Å². The number of carbonyl (C=O) groups excluding carboxylic acids is 3. The number of imide groups is 1. The van der Waals surface area contributed by atoms with Gasteiger partial charge in [0.2, 0.25) is 5.91 Å². The number of likely N-dealkylation sites (tertiary alicyclic amines) is 1. The summed E-state index contributed by atoms with van der Waals surface area (Å²) in [4.78, 5) is 49.2. The number of aliphatic carboxylic acids is 1. The van der Waals surface area contributed by atoms with Gasteiger partial charge in [0.15, 0.2) is 0 Å². The van der Waals surface area contributed by atoms with E-state index in [9.17, 15) is 24.3 Å². The van der Waals surface area contributed by atoms with E-state index in [1.54, 1.807) is 11.8 Å². The van der Waals surface area contributed by atoms with Crippen molar-refractivity contribution in [2.75, 3.05) is 13.1 Å². The van der Waals surface area contributed by atoms with Crippen LogP contribution in [0.5, 0.6) is 0 Å². The van der Waals surface area contributed by atoms with Crippen LogP contribution in [-0.2, 0) is 14.4 Å². The van der Waals surface area contributed by atoms with Crippen LogP contribution in [0, 0.1) is 17.8 Å². The number of amides is 4. The Hall–Kier alpha value is -2.12. The monoisotopic (exact) mass is 351 g/mol. The van der Waals surface area contributed by atoms with Crippen molar-refractivity contribution < 1.29 is 24.3 Å². The fraction of sp³-hybridized carbons (Fsp3) is 0.765. The number of nitrogens with zero attached hydrogens (tertiary/aromatic N) is 1. The van der Waals surface area contributed by atoms with Gasteiger partial charge in [-0.15, -0.1) is 0 Å². The Bertz CT molecular complexity index is 599. The standard InChI is InChI=1S/C17H25N3O5/c1-17(15(24)18-16(25)19-17)12-5-7-20(8-6-12)13(21)10-3-2-4-11(9-10)14(22)23/h10-12H,2-9H2,1H3,(H,22,23)(H2,18,19,24,25). The topological polar surface area (TPSA) is 116 Å². The van der Waals surface area contributed by atoms with Crippen LogP contribution in [0.15, 0.2) is 0 Å². The maximum absolute atomic E-state index is 12.7. The maximum Gasteiger partial charge on any atom is 0.322 e. The van der Waals surface area contributed by atoms with E-state index >= 15 is 0 Å². The van der Waals surface area contributed by atoms with E-state index in [0.29, 0.717) is 38.8 Å². The van der Waals surface area contributed by atoms with Gasteiger partial charge in [-0.05, 0) is 44.9 Å². The highest BCUT2D eigenvalue weighted by atomic mass is 16.4. The molecule has 138 valence electrons. The van der Waals surface area contributed by atoms with Gasteiger partial charge >= 0.3 is 12.0 Å². The van der Waals surface area contributed by atoms with E-state index in [4.69, 9.17) is 0 Å². The van der Waals surface area contributed by atoms with Gasteiger partial charge in [-0.3, -0.25) is 19.7 Å². The van der Waals surface area contributed by atoms with Crippen LogP contribution in [0.3, 0.4) is 0 Å². The summed E-state index contributed by atoms with van der Waals surface area (Å²) in [6, 6.07) is -0.465. The van der Waals surface area contributed by atoms with Crippen molar-refractivity contribution >= 4 is 23.8 Å². The van der Waals surface area contributed by atoms with Crippen LogP contribution in [-0.4, -0.2) is 52.4 Å². The third-order valence-corrected chi connectivity index (χ3v) is 6.07. The predicted octanol–water partition coefficient (Wildman–Crippen LogP) is 0.714. The molecule has 8 heteroatoms.